The summed E-state index contributed by atoms with van der Waals surface area (Å²) < 4.78 is 10.4. The molecule has 2 saturated heterocycles. The molecule has 1 atom stereocenters. The van der Waals surface area contributed by atoms with Gasteiger partial charge in [0.25, 0.3) is 5.79 Å². The van der Waals surface area contributed by atoms with Gasteiger partial charge in [-0.15, -0.1) is 6.58 Å². The molecule has 2 heterocycles. The number of rotatable bonds is 1. The number of hydrogen-bond acceptors (Lipinski definition) is 5. The van der Waals surface area contributed by atoms with E-state index in [2.05, 4.69) is 6.58 Å². The molecule has 5 nitrogen and oxygen atoms in total. The molecule has 0 unspecified atom stereocenters. The Balaban J connectivity index is 2.45. The van der Waals surface area contributed by atoms with Crippen molar-refractivity contribution in [3.05, 3.63) is 12.7 Å². The number of esters is 2. The van der Waals surface area contributed by atoms with Gasteiger partial charge in [-0.2, -0.15) is 0 Å². The SMILES string of the molecule is C=C[C@@H]1CCN(C)C12C(=O)OC(C)(C)OC2=O. The van der Waals surface area contributed by atoms with Crippen LogP contribution in [0, 0.1) is 5.92 Å². The van der Waals surface area contributed by atoms with E-state index in [9.17, 15) is 9.59 Å². The number of carbonyl (C=O) groups excluding carboxylic acids is 2. The average Bonchev–Trinajstić information content (AvgIpc) is 2.52. The molecule has 94 valence electrons. The highest BCUT2D eigenvalue weighted by atomic mass is 16.7. The van der Waals surface area contributed by atoms with Crippen LogP contribution < -0.4 is 0 Å². The Kier molecular flexibility index (Phi) is 2.54. The predicted octanol–water partition coefficient (Wildman–Crippen LogP) is 0.699. The summed E-state index contributed by atoms with van der Waals surface area (Å²) in [6.45, 7) is 7.43. The average molecular weight is 239 g/mol. The fourth-order valence-electron chi connectivity index (χ4n) is 2.61. The van der Waals surface area contributed by atoms with Crippen molar-refractivity contribution < 1.29 is 19.1 Å². The Hall–Kier alpha value is -1.36. The lowest BCUT2D eigenvalue weighted by molar-refractivity contribution is -0.251. The molecule has 0 amide bonds. The third-order valence-corrected chi connectivity index (χ3v) is 3.50. The van der Waals surface area contributed by atoms with Gasteiger partial charge in [-0.05, 0) is 13.5 Å². The number of nitrogens with zero attached hydrogens (tertiary/aromatic N) is 1. The smallest absolute Gasteiger partial charge is 0.342 e. The Morgan fingerprint density at radius 2 is 1.88 bits per heavy atom. The van der Waals surface area contributed by atoms with Crippen LogP contribution in [0.3, 0.4) is 0 Å². The quantitative estimate of drug-likeness (QED) is 0.383. The van der Waals surface area contributed by atoms with Gasteiger partial charge in [-0.1, -0.05) is 6.08 Å². The molecular weight excluding hydrogens is 222 g/mol. The fraction of sp³-hybridized carbons (Fsp3) is 0.667. The van der Waals surface area contributed by atoms with E-state index in [4.69, 9.17) is 9.47 Å². The highest BCUT2D eigenvalue weighted by molar-refractivity contribution is 6.07. The van der Waals surface area contributed by atoms with Crippen molar-refractivity contribution in [1.82, 2.24) is 4.90 Å². The van der Waals surface area contributed by atoms with Gasteiger partial charge >= 0.3 is 11.9 Å². The number of likely N-dealkylation sites (N-methyl/N-ethyl adjacent to an activating group) is 1. The Bertz CT molecular complexity index is 368. The van der Waals surface area contributed by atoms with Crippen molar-refractivity contribution >= 4 is 11.9 Å². The van der Waals surface area contributed by atoms with E-state index >= 15 is 0 Å². The highest BCUT2D eigenvalue weighted by Crippen LogP contribution is 2.41. The van der Waals surface area contributed by atoms with Gasteiger partial charge in [-0.3, -0.25) is 4.90 Å². The Labute approximate surface area is 100 Å². The van der Waals surface area contributed by atoms with Crippen LogP contribution in [0.1, 0.15) is 20.3 Å². The molecule has 0 aromatic carbocycles. The van der Waals surface area contributed by atoms with Gasteiger partial charge in [0.2, 0.25) is 5.54 Å². The summed E-state index contributed by atoms with van der Waals surface area (Å²) in [6.07, 6.45) is 2.33. The van der Waals surface area contributed by atoms with Gasteiger partial charge in [-0.25, -0.2) is 9.59 Å². The number of hydrogen-bond donors (Lipinski definition) is 0. The first-order valence-electron chi connectivity index (χ1n) is 5.65. The van der Waals surface area contributed by atoms with Crippen molar-refractivity contribution in [2.24, 2.45) is 5.92 Å². The maximum atomic E-state index is 12.2. The molecular formula is C12H17NO4. The van der Waals surface area contributed by atoms with Gasteiger partial charge in [0.15, 0.2) is 0 Å². The minimum absolute atomic E-state index is 0.261. The van der Waals surface area contributed by atoms with Crippen LogP contribution in [0.4, 0.5) is 0 Å². The zero-order valence-electron chi connectivity index (χ0n) is 10.4. The molecule has 5 heteroatoms. The van der Waals surface area contributed by atoms with Gasteiger partial charge in [0.05, 0.1) is 0 Å². The number of ether oxygens (including phenoxy) is 2. The molecule has 2 aliphatic heterocycles. The van der Waals surface area contributed by atoms with Crippen LogP contribution in [0.15, 0.2) is 12.7 Å². The van der Waals surface area contributed by atoms with Crippen LogP contribution in [0.25, 0.3) is 0 Å². The van der Waals surface area contributed by atoms with Crippen LogP contribution in [-0.2, 0) is 19.1 Å². The summed E-state index contributed by atoms with van der Waals surface area (Å²) in [5.74, 6) is -2.52. The third kappa shape index (κ3) is 1.49. The van der Waals surface area contributed by atoms with E-state index in [0.717, 1.165) is 0 Å². The number of likely N-dealkylation sites (tertiary alicyclic amines) is 1. The second-order valence-corrected chi connectivity index (χ2v) is 5.00. The molecule has 0 saturated carbocycles. The van der Waals surface area contributed by atoms with E-state index in [0.29, 0.717) is 13.0 Å². The minimum atomic E-state index is -1.34. The summed E-state index contributed by atoms with van der Waals surface area (Å²) in [6, 6.07) is 0. The Morgan fingerprint density at radius 1 is 1.35 bits per heavy atom. The van der Waals surface area contributed by atoms with E-state index < -0.39 is 23.3 Å². The first-order chi connectivity index (χ1) is 7.84. The van der Waals surface area contributed by atoms with Gasteiger partial charge < -0.3 is 9.47 Å². The second kappa shape index (κ2) is 3.57. The minimum Gasteiger partial charge on any atom is -0.421 e. The van der Waals surface area contributed by atoms with Crippen molar-refractivity contribution in [2.45, 2.75) is 31.6 Å². The summed E-state index contributed by atoms with van der Waals surface area (Å²) in [5, 5.41) is 0. The number of cyclic esters (lactones) is 2. The van der Waals surface area contributed by atoms with Gasteiger partial charge in [0.1, 0.15) is 0 Å². The normalized spacial score (nSPS) is 31.1. The monoisotopic (exact) mass is 239 g/mol. The molecule has 2 fully saturated rings. The van der Waals surface area contributed by atoms with E-state index in [1.54, 1.807) is 31.9 Å². The summed E-state index contributed by atoms with van der Waals surface area (Å²) in [5.41, 5.74) is -1.34. The van der Waals surface area contributed by atoms with Crippen molar-refractivity contribution in [1.29, 1.82) is 0 Å². The van der Waals surface area contributed by atoms with Crippen molar-refractivity contribution in [3.63, 3.8) is 0 Å². The zero-order valence-corrected chi connectivity index (χ0v) is 10.4. The first-order valence-corrected chi connectivity index (χ1v) is 5.65. The lowest BCUT2D eigenvalue weighted by atomic mass is 9.84. The van der Waals surface area contributed by atoms with Gasteiger partial charge in [0, 0.05) is 26.3 Å². The van der Waals surface area contributed by atoms with E-state index in [1.165, 1.54) is 0 Å². The number of carbonyl (C=O) groups is 2. The topological polar surface area (TPSA) is 55.8 Å². The van der Waals surface area contributed by atoms with Crippen molar-refractivity contribution in [3.8, 4) is 0 Å². The molecule has 2 aliphatic rings. The molecule has 0 aromatic heterocycles. The first kappa shape index (κ1) is 12.1. The lowest BCUT2D eigenvalue weighted by Gasteiger charge is -2.43. The highest BCUT2D eigenvalue weighted by Gasteiger charge is 2.64. The van der Waals surface area contributed by atoms with Crippen LogP contribution in [-0.4, -0.2) is 41.8 Å². The molecule has 0 N–H and O–H groups in total. The summed E-state index contributed by atoms with van der Waals surface area (Å²) in [7, 11) is 1.73. The third-order valence-electron chi connectivity index (χ3n) is 3.50. The van der Waals surface area contributed by atoms with Crippen LogP contribution in [0.5, 0.6) is 0 Å². The molecule has 0 aromatic rings. The van der Waals surface area contributed by atoms with Crippen molar-refractivity contribution in [2.75, 3.05) is 13.6 Å². The standard InChI is InChI=1S/C12H17NO4/c1-5-8-6-7-13(4)12(8)9(14)16-11(2,3)17-10(12)15/h5,8H,1,6-7H2,2-4H3/t8-/m1/s1. The van der Waals surface area contributed by atoms with E-state index in [-0.39, 0.29) is 5.92 Å². The van der Waals surface area contributed by atoms with E-state index in [1.807, 2.05) is 0 Å². The second-order valence-electron chi connectivity index (χ2n) is 5.00. The summed E-state index contributed by atoms with van der Waals surface area (Å²) >= 11 is 0. The molecule has 0 bridgehead atoms. The molecule has 2 rings (SSSR count). The molecule has 0 radical (unpaired) electrons. The molecule has 1 spiro atoms. The van der Waals surface area contributed by atoms with Crippen LogP contribution >= 0.6 is 0 Å². The maximum Gasteiger partial charge on any atom is 0.342 e. The predicted molar refractivity (Wildman–Crippen MR) is 59.9 cm³/mol. The van der Waals surface area contributed by atoms with Crippen LogP contribution in [0.2, 0.25) is 0 Å². The zero-order chi connectivity index (χ0) is 12.8. The lowest BCUT2D eigenvalue weighted by Crippen LogP contribution is -2.66. The maximum absolute atomic E-state index is 12.2. The Morgan fingerprint density at radius 3 is 2.35 bits per heavy atom. The largest absolute Gasteiger partial charge is 0.421 e. The molecule has 17 heavy (non-hydrogen) atoms. The fourth-order valence-corrected chi connectivity index (χ4v) is 2.61. The molecule has 0 aliphatic carbocycles. The summed E-state index contributed by atoms with van der Waals surface area (Å²) in [4.78, 5) is 26.1.